The van der Waals surface area contributed by atoms with E-state index in [1.54, 1.807) is 6.20 Å². The molecule has 0 radical (unpaired) electrons. The van der Waals surface area contributed by atoms with E-state index in [0.717, 1.165) is 32.0 Å². The summed E-state index contributed by atoms with van der Waals surface area (Å²) in [6, 6.07) is 3.99. The van der Waals surface area contributed by atoms with Crippen LogP contribution in [0.25, 0.3) is 0 Å². The number of morpholine rings is 1. The van der Waals surface area contributed by atoms with E-state index in [9.17, 15) is 4.79 Å². The first-order valence-corrected chi connectivity index (χ1v) is 9.42. The highest BCUT2D eigenvalue weighted by atomic mass is 16.5. The minimum Gasteiger partial charge on any atom is -0.373 e. The third-order valence-electron chi connectivity index (χ3n) is 5.07. The second kappa shape index (κ2) is 8.15. The number of aromatic nitrogens is 1. The number of hydrogen-bond acceptors (Lipinski definition) is 5. The molecule has 3 heterocycles. The molecule has 138 valence electrons. The summed E-state index contributed by atoms with van der Waals surface area (Å²) in [7, 11) is 0. The van der Waals surface area contributed by atoms with Gasteiger partial charge in [0.2, 0.25) is 0 Å². The van der Waals surface area contributed by atoms with Gasteiger partial charge >= 0.3 is 0 Å². The van der Waals surface area contributed by atoms with Crippen LogP contribution in [-0.4, -0.2) is 66.8 Å². The molecule has 0 bridgehead atoms. The maximum Gasteiger partial charge on any atom is 0.255 e. The molecule has 3 rings (SSSR count). The Morgan fingerprint density at radius 1 is 1.32 bits per heavy atom. The van der Waals surface area contributed by atoms with Crippen LogP contribution < -0.4 is 10.2 Å². The average Bonchev–Trinajstić information content (AvgIpc) is 3.13. The van der Waals surface area contributed by atoms with Gasteiger partial charge in [-0.2, -0.15) is 0 Å². The molecule has 0 saturated carbocycles. The van der Waals surface area contributed by atoms with Crippen molar-refractivity contribution in [1.29, 1.82) is 0 Å². The van der Waals surface area contributed by atoms with E-state index in [1.807, 2.05) is 12.1 Å². The van der Waals surface area contributed by atoms with E-state index in [4.69, 9.17) is 4.74 Å². The molecule has 1 N–H and O–H groups in total. The molecule has 0 aromatic carbocycles. The Labute approximate surface area is 150 Å². The Morgan fingerprint density at radius 3 is 2.68 bits per heavy atom. The molecule has 3 atom stereocenters. The van der Waals surface area contributed by atoms with Gasteiger partial charge in [0.25, 0.3) is 5.91 Å². The standard InChI is InChI=1S/C19H30N4O2/c1-14(23-12-15(2)25-16(3)13-23)11-21-19(24)17-7-6-8-20-18(17)22-9-4-5-10-22/h6-8,14-16H,4-5,9-13H2,1-3H3,(H,21,24)/t14-,15+,16+/m0/s1. The van der Waals surface area contributed by atoms with Crippen molar-refractivity contribution in [3.05, 3.63) is 23.9 Å². The maximum atomic E-state index is 12.7. The average molecular weight is 346 g/mol. The second-order valence-corrected chi connectivity index (χ2v) is 7.34. The van der Waals surface area contributed by atoms with Crippen LogP contribution in [0.2, 0.25) is 0 Å². The molecule has 2 saturated heterocycles. The normalized spacial score (nSPS) is 25.8. The van der Waals surface area contributed by atoms with Crippen molar-refractivity contribution in [1.82, 2.24) is 15.2 Å². The summed E-state index contributed by atoms with van der Waals surface area (Å²) < 4.78 is 5.79. The fraction of sp³-hybridized carbons (Fsp3) is 0.684. The van der Waals surface area contributed by atoms with Crippen LogP contribution in [0.4, 0.5) is 5.82 Å². The van der Waals surface area contributed by atoms with E-state index in [-0.39, 0.29) is 24.2 Å². The molecule has 0 aliphatic carbocycles. The number of carbonyl (C=O) groups excluding carboxylic acids is 1. The molecule has 6 heteroatoms. The summed E-state index contributed by atoms with van der Waals surface area (Å²) in [5.41, 5.74) is 0.681. The van der Waals surface area contributed by atoms with Crippen LogP contribution in [0, 0.1) is 0 Å². The van der Waals surface area contributed by atoms with Crippen molar-refractivity contribution in [2.75, 3.05) is 37.6 Å². The predicted molar refractivity (Wildman–Crippen MR) is 99.1 cm³/mol. The van der Waals surface area contributed by atoms with Crippen molar-refractivity contribution in [2.45, 2.75) is 51.9 Å². The van der Waals surface area contributed by atoms with Crippen LogP contribution in [0.15, 0.2) is 18.3 Å². The van der Waals surface area contributed by atoms with Gasteiger partial charge in [-0.1, -0.05) is 0 Å². The molecular weight excluding hydrogens is 316 g/mol. The minimum atomic E-state index is -0.0313. The first-order chi connectivity index (χ1) is 12.0. The quantitative estimate of drug-likeness (QED) is 0.883. The van der Waals surface area contributed by atoms with Crippen molar-refractivity contribution in [3.63, 3.8) is 0 Å². The minimum absolute atomic E-state index is 0.0313. The van der Waals surface area contributed by atoms with Crippen LogP contribution in [0.1, 0.15) is 44.0 Å². The molecule has 25 heavy (non-hydrogen) atoms. The van der Waals surface area contributed by atoms with E-state index in [1.165, 1.54) is 12.8 Å². The summed E-state index contributed by atoms with van der Waals surface area (Å²) in [5.74, 6) is 0.787. The molecule has 1 amide bonds. The lowest BCUT2D eigenvalue weighted by molar-refractivity contribution is -0.0778. The van der Waals surface area contributed by atoms with Crippen molar-refractivity contribution < 1.29 is 9.53 Å². The van der Waals surface area contributed by atoms with Crippen LogP contribution >= 0.6 is 0 Å². The number of hydrogen-bond donors (Lipinski definition) is 1. The molecule has 1 aromatic heterocycles. The number of rotatable bonds is 5. The largest absolute Gasteiger partial charge is 0.373 e. The predicted octanol–water partition coefficient (Wildman–Crippen LogP) is 1.91. The lowest BCUT2D eigenvalue weighted by atomic mass is 10.1. The summed E-state index contributed by atoms with van der Waals surface area (Å²) in [5, 5.41) is 3.10. The smallest absolute Gasteiger partial charge is 0.255 e. The molecule has 2 fully saturated rings. The number of anilines is 1. The van der Waals surface area contributed by atoms with Gasteiger partial charge in [0, 0.05) is 45.0 Å². The molecule has 1 aromatic rings. The third kappa shape index (κ3) is 4.50. The zero-order valence-corrected chi connectivity index (χ0v) is 15.6. The molecule has 2 aliphatic rings. The van der Waals surface area contributed by atoms with Crippen LogP contribution in [0.3, 0.4) is 0 Å². The Balaban J connectivity index is 1.59. The van der Waals surface area contributed by atoms with Gasteiger partial charge < -0.3 is 15.0 Å². The number of nitrogens with one attached hydrogen (secondary N) is 1. The van der Waals surface area contributed by atoms with Gasteiger partial charge in [-0.15, -0.1) is 0 Å². The zero-order chi connectivity index (χ0) is 17.8. The summed E-state index contributed by atoms with van der Waals surface area (Å²) in [4.78, 5) is 21.8. The fourth-order valence-corrected chi connectivity index (χ4v) is 3.80. The SMILES string of the molecule is C[C@@H]1CN([C@@H](C)CNC(=O)c2cccnc2N2CCCC2)C[C@@H](C)O1. The number of nitrogens with zero attached hydrogens (tertiary/aromatic N) is 3. The number of amides is 1. The Morgan fingerprint density at radius 2 is 2.00 bits per heavy atom. The number of pyridine rings is 1. The lowest BCUT2D eigenvalue weighted by Crippen LogP contribution is -2.52. The van der Waals surface area contributed by atoms with Gasteiger partial charge in [0.15, 0.2) is 0 Å². The first-order valence-electron chi connectivity index (χ1n) is 9.42. The fourth-order valence-electron chi connectivity index (χ4n) is 3.80. The first kappa shape index (κ1) is 18.1. The van der Waals surface area contributed by atoms with E-state index < -0.39 is 0 Å². The molecule has 0 unspecified atom stereocenters. The van der Waals surface area contributed by atoms with E-state index >= 15 is 0 Å². The van der Waals surface area contributed by atoms with Gasteiger partial charge in [0.1, 0.15) is 5.82 Å². The number of carbonyl (C=O) groups is 1. The number of ether oxygens (including phenoxy) is 1. The Bertz CT molecular complexity index is 579. The lowest BCUT2D eigenvalue weighted by Gasteiger charge is -2.39. The van der Waals surface area contributed by atoms with Crippen LogP contribution in [-0.2, 0) is 4.74 Å². The Kier molecular flexibility index (Phi) is 5.91. The van der Waals surface area contributed by atoms with Gasteiger partial charge in [-0.3, -0.25) is 9.69 Å². The maximum absolute atomic E-state index is 12.7. The topological polar surface area (TPSA) is 57.7 Å². The highest BCUT2D eigenvalue weighted by molar-refractivity contribution is 5.98. The van der Waals surface area contributed by atoms with Crippen molar-refractivity contribution in [3.8, 4) is 0 Å². The van der Waals surface area contributed by atoms with Gasteiger partial charge in [-0.25, -0.2) is 4.98 Å². The molecule has 0 spiro atoms. The van der Waals surface area contributed by atoms with E-state index in [2.05, 4.69) is 40.9 Å². The highest BCUT2D eigenvalue weighted by Gasteiger charge is 2.26. The van der Waals surface area contributed by atoms with Gasteiger partial charge in [0.05, 0.1) is 17.8 Å². The summed E-state index contributed by atoms with van der Waals surface area (Å²) in [6.07, 6.45) is 4.58. The van der Waals surface area contributed by atoms with Crippen LogP contribution in [0.5, 0.6) is 0 Å². The monoisotopic (exact) mass is 346 g/mol. The Hall–Kier alpha value is -1.66. The second-order valence-electron chi connectivity index (χ2n) is 7.34. The van der Waals surface area contributed by atoms with Crippen molar-refractivity contribution in [2.24, 2.45) is 0 Å². The summed E-state index contributed by atoms with van der Waals surface area (Å²) >= 11 is 0. The molecular formula is C19H30N4O2. The zero-order valence-electron chi connectivity index (χ0n) is 15.6. The summed E-state index contributed by atoms with van der Waals surface area (Å²) in [6.45, 7) is 10.8. The van der Waals surface area contributed by atoms with Gasteiger partial charge in [-0.05, 0) is 45.7 Å². The van der Waals surface area contributed by atoms with Crippen molar-refractivity contribution >= 4 is 11.7 Å². The van der Waals surface area contributed by atoms with E-state index in [0.29, 0.717) is 12.1 Å². The third-order valence-corrected chi connectivity index (χ3v) is 5.07. The highest BCUT2D eigenvalue weighted by Crippen LogP contribution is 2.22. The molecule has 6 nitrogen and oxygen atoms in total. The molecule has 2 aliphatic heterocycles.